The lowest BCUT2D eigenvalue weighted by molar-refractivity contribution is -0.233. The van der Waals surface area contributed by atoms with Gasteiger partial charge in [0.15, 0.2) is 18.3 Å². The summed E-state index contributed by atoms with van der Waals surface area (Å²) in [5.74, 6) is -0.880. The van der Waals surface area contributed by atoms with Crippen LogP contribution in [0, 0.1) is 0 Å². The molecule has 40 heavy (non-hydrogen) atoms. The van der Waals surface area contributed by atoms with E-state index in [1.807, 2.05) is 69.5 Å². The topological polar surface area (TPSA) is 97.4 Å². The Bertz CT molecular complexity index is 1120. The number of carbonyl (C=O) groups is 3. The monoisotopic (exact) mass is 574 g/mol. The molecule has 2 aromatic carbocycles. The molecule has 0 aliphatic carbocycles. The van der Waals surface area contributed by atoms with Gasteiger partial charge < -0.3 is 23.7 Å². The fourth-order valence-electron chi connectivity index (χ4n) is 4.65. The van der Waals surface area contributed by atoms with E-state index >= 15 is 0 Å². The Labute approximate surface area is 242 Å². The first kappa shape index (κ1) is 33.2. The van der Waals surface area contributed by atoms with Crippen LogP contribution < -0.4 is 4.74 Å². The Kier molecular flexibility index (Phi) is 13.5. The van der Waals surface area contributed by atoms with Gasteiger partial charge in [0.1, 0.15) is 17.3 Å². The van der Waals surface area contributed by atoms with Crippen molar-refractivity contribution in [1.82, 2.24) is 0 Å². The lowest BCUT2D eigenvalue weighted by Gasteiger charge is -2.44. The van der Waals surface area contributed by atoms with Crippen LogP contribution in [0.4, 0.5) is 0 Å². The molecular formula is C31H42O8S. The van der Waals surface area contributed by atoms with Crippen molar-refractivity contribution >= 4 is 29.7 Å². The van der Waals surface area contributed by atoms with Gasteiger partial charge >= 0.3 is 17.9 Å². The SMILES string of the molecule is CC.CCOc1ccc(Cc2cc([C@@H]3O[C@H](SC)[C@@H](OC(C)=O)[C@H](OC(C)=O)[C@H]3OC(C)=O)ccc2CC)cc1. The van der Waals surface area contributed by atoms with Crippen molar-refractivity contribution in [3.05, 3.63) is 64.7 Å². The molecule has 2 aromatic rings. The van der Waals surface area contributed by atoms with Crippen LogP contribution in [0.1, 0.15) is 76.8 Å². The van der Waals surface area contributed by atoms with Gasteiger partial charge in [0.05, 0.1) is 6.61 Å². The molecule has 3 rings (SSSR count). The number of esters is 3. The summed E-state index contributed by atoms with van der Waals surface area (Å²) in [6.45, 7) is 12.5. The molecular weight excluding hydrogens is 532 g/mol. The van der Waals surface area contributed by atoms with Gasteiger partial charge in [0.25, 0.3) is 0 Å². The molecule has 1 aliphatic heterocycles. The van der Waals surface area contributed by atoms with Crippen LogP contribution >= 0.6 is 11.8 Å². The number of hydrogen-bond acceptors (Lipinski definition) is 9. The first-order valence-corrected chi connectivity index (χ1v) is 15.0. The van der Waals surface area contributed by atoms with Crippen molar-refractivity contribution in [3.8, 4) is 5.75 Å². The molecule has 0 radical (unpaired) electrons. The van der Waals surface area contributed by atoms with E-state index in [1.165, 1.54) is 38.1 Å². The third-order valence-corrected chi connectivity index (χ3v) is 7.05. The molecule has 8 nitrogen and oxygen atoms in total. The van der Waals surface area contributed by atoms with Gasteiger partial charge in [-0.3, -0.25) is 14.4 Å². The highest BCUT2D eigenvalue weighted by Crippen LogP contribution is 2.41. The highest BCUT2D eigenvalue weighted by atomic mass is 32.2. The average Bonchev–Trinajstić information content (AvgIpc) is 2.92. The summed E-state index contributed by atoms with van der Waals surface area (Å²) < 4.78 is 28.7. The molecule has 5 atom stereocenters. The molecule has 0 N–H and O–H groups in total. The van der Waals surface area contributed by atoms with Crippen molar-refractivity contribution in [2.24, 2.45) is 0 Å². The second-order valence-corrected chi connectivity index (χ2v) is 9.95. The second kappa shape index (κ2) is 16.3. The van der Waals surface area contributed by atoms with Crippen molar-refractivity contribution in [2.75, 3.05) is 12.9 Å². The minimum absolute atomic E-state index is 0.556. The van der Waals surface area contributed by atoms with E-state index in [4.69, 9.17) is 23.7 Å². The van der Waals surface area contributed by atoms with Gasteiger partial charge in [-0.25, -0.2) is 0 Å². The molecule has 1 saturated heterocycles. The highest BCUT2D eigenvalue weighted by molar-refractivity contribution is 7.99. The first-order chi connectivity index (χ1) is 19.2. The van der Waals surface area contributed by atoms with Crippen LogP contribution in [0.15, 0.2) is 42.5 Å². The van der Waals surface area contributed by atoms with E-state index in [2.05, 4.69) is 6.92 Å². The van der Waals surface area contributed by atoms with E-state index in [0.29, 0.717) is 13.0 Å². The van der Waals surface area contributed by atoms with Crippen LogP contribution in [0.2, 0.25) is 0 Å². The predicted molar refractivity (Wildman–Crippen MR) is 155 cm³/mol. The number of thioether (sulfide) groups is 1. The molecule has 1 fully saturated rings. The summed E-state index contributed by atoms with van der Waals surface area (Å²) in [5.41, 5.74) is 3.52. The lowest BCUT2D eigenvalue weighted by atomic mass is 9.89. The van der Waals surface area contributed by atoms with Crippen LogP contribution in [0.25, 0.3) is 0 Å². The number of carbonyl (C=O) groups excluding carboxylic acids is 3. The normalized spacial score (nSPS) is 21.9. The third kappa shape index (κ3) is 8.99. The number of ether oxygens (including phenoxy) is 5. The van der Waals surface area contributed by atoms with Gasteiger partial charge in [-0.15, -0.1) is 11.8 Å². The quantitative estimate of drug-likeness (QED) is 0.257. The lowest BCUT2D eigenvalue weighted by Crippen LogP contribution is -2.57. The molecule has 0 amide bonds. The van der Waals surface area contributed by atoms with Crippen LogP contribution in [-0.4, -0.2) is 54.5 Å². The maximum atomic E-state index is 12.1. The van der Waals surface area contributed by atoms with Gasteiger partial charge in [0.2, 0.25) is 0 Å². The minimum atomic E-state index is -1.04. The first-order valence-electron chi connectivity index (χ1n) is 13.7. The van der Waals surface area contributed by atoms with Crippen molar-refractivity contribution in [2.45, 2.75) is 91.2 Å². The molecule has 0 spiro atoms. The van der Waals surface area contributed by atoms with E-state index < -0.39 is 47.8 Å². The maximum Gasteiger partial charge on any atom is 0.303 e. The van der Waals surface area contributed by atoms with Crippen LogP contribution in [0.5, 0.6) is 5.75 Å². The zero-order valence-electron chi connectivity index (χ0n) is 24.7. The number of aryl methyl sites for hydroxylation is 1. The third-order valence-electron chi connectivity index (χ3n) is 6.20. The Hall–Kier alpha value is -3.04. The Morgan fingerprint density at radius 3 is 1.90 bits per heavy atom. The van der Waals surface area contributed by atoms with E-state index in [-0.39, 0.29) is 0 Å². The van der Waals surface area contributed by atoms with Crippen LogP contribution in [-0.2, 0) is 46.2 Å². The van der Waals surface area contributed by atoms with Crippen molar-refractivity contribution < 1.29 is 38.1 Å². The number of benzene rings is 2. The largest absolute Gasteiger partial charge is 0.494 e. The standard InChI is InChI=1S/C29H36O8S.C2H6/c1-7-21-11-12-22(16-23(21)15-20-9-13-24(14-10-20)33-8-2)25-26(34-17(3)30)27(35-18(4)31)28(36-19(5)32)29(37-25)38-6;1-2/h9-14,16,25-29H,7-8,15H2,1-6H3;1-2H3/t25-,26-,27+,28-,29+;/m0./s1. The molecule has 220 valence electrons. The van der Waals surface area contributed by atoms with E-state index in [9.17, 15) is 14.4 Å². The second-order valence-electron chi connectivity index (χ2n) is 9.02. The number of rotatable bonds is 10. The van der Waals surface area contributed by atoms with Gasteiger partial charge in [-0.1, -0.05) is 51.1 Å². The molecule has 1 heterocycles. The van der Waals surface area contributed by atoms with E-state index in [1.54, 1.807) is 0 Å². The van der Waals surface area contributed by atoms with Gasteiger partial charge in [0, 0.05) is 20.8 Å². The smallest absolute Gasteiger partial charge is 0.303 e. The molecule has 0 bridgehead atoms. The van der Waals surface area contributed by atoms with Gasteiger partial charge in [-0.2, -0.15) is 0 Å². The summed E-state index contributed by atoms with van der Waals surface area (Å²) in [7, 11) is 0. The summed E-state index contributed by atoms with van der Waals surface area (Å²) in [6.07, 6.45) is -0.435. The van der Waals surface area contributed by atoms with Gasteiger partial charge in [-0.05, 0) is 60.4 Å². The summed E-state index contributed by atoms with van der Waals surface area (Å²) in [5, 5.41) is 0. The molecule has 1 aliphatic rings. The molecule has 0 unspecified atom stereocenters. The van der Waals surface area contributed by atoms with E-state index in [0.717, 1.165) is 28.9 Å². The fourth-order valence-corrected chi connectivity index (χ4v) is 5.36. The highest BCUT2D eigenvalue weighted by Gasteiger charge is 2.52. The predicted octanol–water partition coefficient (Wildman–Crippen LogP) is 5.82. The molecule has 9 heteroatoms. The Morgan fingerprint density at radius 2 is 1.38 bits per heavy atom. The minimum Gasteiger partial charge on any atom is -0.494 e. The Balaban J connectivity index is 0.00000274. The zero-order valence-corrected chi connectivity index (χ0v) is 25.5. The maximum absolute atomic E-state index is 12.1. The fraction of sp³-hybridized carbons (Fsp3) is 0.516. The van der Waals surface area contributed by atoms with Crippen molar-refractivity contribution in [1.29, 1.82) is 0 Å². The Morgan fingerprint density at radius 1 is 0.800 bits per heavy atom. The average molecular weight is 575 g/mol. The number of hydrogen-bond donors (Lipinski definition) is 0. The summed E-state index contributed by atoms with van der Waals surface area (Å²) in [6, 6.07) is 14.0. The van der Waals surface area contributed by atoms with Crippen LogP contribution in [0.3, 0.4) is 0 Å². The zero-order chi connectivity index (χ0) is 29.8. The summed E-state index contributed by atoms with van der Waals surface area (Å²) in [4.78, 5) is 36.1. The summed E-state index contributed by atoms with van der Waals surface area (Å²) >= 11 is 1.32. The molecule has 0 aromatic heterocycles. The molecule has 0 saturated carbocycles. The van der Waals surface area contributed by atoms with Crippen molar-refractivity contribution in [3.63, 3.8) is 0 Å².